The van der Waals surface area contributed by atoms with Gasteiger partial charge in [0.05, 0.1) is 28.4 Å². The van der Waals surface area contributed by atoms with Gasteiger partial charge in [-0.3, -0.25) is 0 Å². The summed E-state index contributed by atoms with van der Waals surface area (Å²) in [5.41, 5.74) is 1.99. The number of urea groups is 1. The molecular weight excluding hydrogens is 346 g/mol. The third-order valence-electron chi connectivity index (χ3n) is 4.03. The summed E-state index contributed by atoms with van der Waals surface area (Å²) >= 11 is 7.83. The number of nitrogens with zero attached hydrogens (tertiary/aromatic N) is 1. The lowest BCUT2D eigenvalue weighted by atomic mass is 10.0. The summed E-state index contributed by atoms with van der Waals surface area (Å²) in [5, 5.41) is 7.52. The molecule has 128 valence electrons. The first-order valence-corrected chi connectivity index (χ1v) is 9.12. The van der Waals surface area contributed by atoms with Gasteiger partial charge in [0, 0.05) is 29.8 Å². The topological polar surface area (TPSA) is 63.2 Å². The fourth-order valence-electron chi connectivity index (χ4n) is 2.67. The lowest BCUT2D eigenvalue weighted by molar-refractivity contribution is 0.223. The van der Waals surface area contributed by atoms with Crippen LogP contribution in [0.15, 0.2) is 18.2 Å². The van der Waals surface area contributed by atoms with Crippen molar-refractivity contribution in [3.8, 4) is 5.75 Å². The summed E-state index contributed by atoms with van der Waals surface area (Å²) < 4.78 is 5.61. The Bertz CT molecular complexity index is 728. The molecule has 0 fully saturated rings. The molecule has 0 aliphatic carbocycles. The highest BCUT2D eigenvalue weighted by molar-refractivity contribution is 7.11. The number of carbonyl (C=O) groups excluding carboxylic acids is 1. The molecule has 3 rings (SSSR count). The third kappa shape index (κ3) is 3.82. The van der Waals surface area contributed by atoms with E-state index < -0.39 is 0 Å². The van der Waals surface area contributed by atoms with Crippen LogP contribution < -0.4 is 15.4 Å². The number of halogens is 1. The molecule has 0 bridgehead atoms. The number of aromatic nitrogens is 1. The van der Waals surface area contributed by atoms with Crippen molar-refractivity contribution in [1.82, 2.24) is 15.6 Å². The molecule has 5 nitrogen and oxygen atoms in total. The van der Waals surface area contributed by atoms with Crippen LogP contribution in [-0.4, -0.2) is 24.2 Å². The maximum atomic E-state index is 12.2. The second-order valence-corrected chi connectivity index (χ2v) is 7.44. The van der Waals surface area contributed by atoms with Gasteiger partial charge in [0.25, 0.3) is 0 Å². The zero-order valence-electron chi connectivity index (χ0n) is 13.7. The standard InChI is InChI=1S/C17H20ClN3O2S/c1-10-11(2)24-15(20-10)6-8-19-17(22)21-14-7-9-23-16-12(14)4-3-5-13(16)18/h3-5,14H,6-9H2,1-2H3,(H2,19,21,22). The monoisotopic (exact) mass is 365 g/mol. The predicted molar refractivity (Wildman–Crippen MR) is 96.1 cm³/mol. The van der Waals surface area contributed by atoms with Gasteiger partial charge in [-0.05, 0) is 19.9 Å². The summed E-state index contributed by atoms with van der Waals surface area (Å²) in [7, 11) is 0. The first-order valence-electron chi connectivity index (χ1n) is 7.93. The molecule has 1 aromatic heterocycles. The van der Waals surface area contributed by atoms with E-state index in [1.807, 2.05) is 19.1 Å². The van der Waals surface area contributed by atoms with E-state index in [9.17, 15) is 4.79 Å². The number of ether oxygens (including phenoxy) is 1. The first kappa shape index (κ1) is 17.0. The molecule has 0 spiro atoms. The Morgan fingerprint density at radius 3 is 3.04 bits per heavy atom. The second-order valence-electron chi connectivity index (χ2n) is 5.75. The number of hydrogen-bond acceptors (Lipinski definition) is 4. The number of hydrogen-bond donors (Lipinski definition) is 2. The van der Waals surface area contributed by atoms with Crippen molar-refractivity contribution >= 4 is 29.0 Å². The van der Waals surface area contributed by atoms with Crippen LogP contribution in [0.1, 0.15) is 33.6 Å². The van der Waals surface area contributed by atoms with E-state index in [0.717, 1.165) is 29.1 Å². The highest BCUT2D eigenvalue weighted by Crippen LogP contribution is 2.37. The molecule has 2 aromatic rings. The fourth-order valence-corrected chi connectivity index (χ4v) is 3.84. The summed E-state index contributed by atoms with van der Waals surface area (Å²) in [4.78, 5) is 17.9. The van der Waals surface area contributed by atoms with Crippen molar-refractivity contribution in [2.45, 2.75) is 32.7 Å². The predicted octanol–water partition coefficient (Wildman–Crippen LogP) is 3.78. The minimum absolute atomic E-state index is 0.0863. The average molecular weight is 366 g/mol. The number of aryl methyl sites for hydroxylation is 2. The van der Waals surface area contributed by atoms with Gasteiger partial charge in [-0.1, -0.05) is 23.7 Å². The maximum absolute atomic E-state index is 12.2. The summed E-state index contributed by atoms with van der Waals surface area (Å²) in [5.74, 6) is 0.671. The number of rotatable bonds is 4. The Balaban J connectivity index is 1.53. The van der Waals surface area contributed by atoms with Crippen molar-refractivity contribution in [3.63, 3.8) is 0 Å². The number of para-hydroxylation sites is 1. The first-order chi connectivity index (χ1) is 11.5. The molecule has 2 amide bonds. The fraction of sp³-hybridized carbons (Fsp3) is 0.412. The van der Waals surface area contributed by atoms with Crippen molar-refractivity contribution in [1.29, 1.82) is 0 Å². The normalized spacial score (nSPS) is 16.2. The molecule has 0 saturated heterocycles. The second kappa shape index (κ2) is 7.40. The van der Waals surface area contributed by atoms with E-state index in [2.05, 4.69) is 22.5 Å². The number of nitrogens with one attached hydrogen (secondary N) is 2. The largest absolute Gasteiger partial charge is 0.492 e. The molecule has 2 heterocycles. The van der Waals surface area contributed by atoms with Crippen LogP contribution in [-0.2, 0) is 6.42 Å². The van der Waals surface area contributed by atoms with Gasteiger partial charge < -0.3 is 15.4 Å². The van der Waals surface area contributed by atoms with Gasteiger partial charge in [-0.2, -0.15) is 0 Å². The van der Waals surface area contributed by atoms with E-state index in [1.54, 1.807) is 17.4 Å². The smallest absolute Gasteiger partial charge is 0.315 e. The van der Waals surface area contributed by atoms with Gasteiger partial charge in [-0.25, -0.2) is 9.78 Å². The van der Waals surface area contributed by atoms with Crippen LogP contribution in [0.3, 0.4) is 0 Å². The number of thiazole rings is 1. The van der Waals surface area contributed by atoms with Crippen molar-refractivity contribution < 1.29 is 9.53 Å². The Kier molecular flexibility index (Phi) is 5.26. The van der Waals surface area contributed by atoms with Gasteiger partial charge in [0.2, 0.25) is 0 Å². The van der Waals surface area contributed by atoms with Gasteiger partial charge in [0.1, 0.15) is 5.75 Å². The Hall–Kier alpha value is -1.79. The summed E-state index contributed by atoms with van der Waals surface area (Å²) in [6.45, 7) is 5.16. The van der Waals surface area contributed by atoms with E-state index in [0.29, 0.717) is 23.9 Å². The zero-order valence-corrected chi connectivity index (χ0v) is 15.3. The number of carbonyl (C=O) groups is 1. The molecular formula is C17H20ClN3O2S. The number of fused-ring (bicyclic) bond motifs is 1. The average Bonchev–Trinajstić information content (AvgIpc) is 2.87. The quantitative estimate of drug-likeness (QED) is 0.866. The minimum Gasteiger partial charge on any atom is -0.492 e. The van der Waals surface area contributed by atoms with Crippen molar-refractivity contribution in [3.05, 3.63) is 44.4 Å². The number of benzene rings is 1. The summed E-state index contributed by atoms with van der Waals surface area (Å²) in [6.07, 6.45) is 1.47. The van der Waals surface area contributed by atoms with Crippen LogP contribution in [0.25, 0.3) is 0 Å². The highest BCUT2D eigenvalue weighted by atomic mass is 35.5. The van der Waals surface area contributed by atoms with E-state index in [1.165, 1.54) is 4.88 Å². The molecule has 7 heteroatoms. The van der Waals surface area contributed by atoms with E-state index in [-0.39, 0.29) is 12.1 Å². The van der Waals surface area contributed by atoms with Crippen molar-refractivity contribution in [2.24, 2.45) is 0 Å². The highest BCUT2D eigenvalue weighted by Gasteiger charge is 2.24. The van der Waals surface area contributed by atoms with Crippen LogP contribution >= 0.6 is 22.9 Å². The Labute approximate surface area is 150 Å². The molecule has 2 N–H and O–H groups in total. The van der Waals surface area contributed by atoms with Crippen molar-refractivity contribution in [2.75, 3.05) is 13.2 Å². The molecule has 1 aromatic carbocycles. The van der Waals surface area contributed by atoms with E-state index in [4.69, 9.17) is 16.3 Å². The lowest BCUT2D eigenvalue weighted by Crippen LogP contribution is -2.40. The van der Waals surface area contributed by atoms with Gasteiger partial charge >= 0.3 is 6.03 Å². The molecule has 1 aliphatic heterocycles. The molecule has 0 radical (unpaired) electrons. The third-order valence-corrected chi connectivity index (χ3v) is 5.46. The number of amides is 2. The molecule has 24 heavy (non-hydrogen) atoms. The van der Waals surface area contributed by atoms with Gasteiger partial charge in [0.15, 0.2) is 0 Å². The van der Waals surface area contributed by atoms with Gasteiger partial charge in [-0.15, -0.1) is 11.3 Å². The molecule has 0 saturated carbocycles. The van der Waals surface area contributed by atoms with Crippen LogP contribution in [0.2, 0.25) is 5.02 Å². The molecule has 1 unspecified atom stereocenters. The minimum atomic E-state index is -0.183. The molecule has 1 aliphatic rings. The Morgan fingerprint density at radius 2 is 2.29 bits per heavy atom. The SMILES string of the molecule is Cc1nc(CCNC(=O)NC2CCOc3c(Cl)cccc32)sc1C. The maximum Gasteiger partial charge on any atom is 0.315 e. The van der Waals surface area contributed by atoms with Crippen LogP contribution in [0, 0.1) is 13.8 Å². The Morgan fingerprint density at radius 1 is 1.46 bits per heavy atom. The van der Waals surface area contributed by atoms with Crippen LogP contribution in [0.5, 0.6) is 5.75 Å². The molecule has 1 atom stereocenters. The van der Waals surface area contributed by atoms with Crippen LogP contribution in [0.4, 0.5) is 4.79 Å². The summed E-state index contributed by atoms with van der Waals surface area (Å²) in [6, 6.07) is 5.33. The lowest BCUT2D eigenvalue weighted by Gasteiger charge is -2.27. The van der Waals surface area contributed by atoms with E-state index >= 15 is 0 Å². The zero-order chi connectivity index (χ0) is 17.1.